The van der Waals surface area contributed by atoms with Crippen LogP contribution in [0.1, 0.15) is 22.3 Å². The van der Waals surface area contributed by atoms with E-state index < -0.39 is 36.8 Å². The number of aromatic hydroxyl groups is 1. The monoisotopic (exact) mass is 433 g/mol. The number of hydrogen-bond donors (Lipinski definition) is 6. The van der Waals surface area contributed by atoms with Crippen molar-refractivity contribution in [2.75, 3.05) is 12.9 Å². The molecule has 2 aromatic rings. The van der Waals surface area contributed by atoms with E-state index in [-0.39, 0.29) is 11.3 Å². The van der Waals surface area contributed by atoms with Crippen molar-refractivity contribution in [1.82, 2.24) is 0 Å². The van der Waals surface area contributed by atoms with E-state index in [0.29, 0.717) is 22.4 Å². The highest BCUT2D eigenvalue weighted by Crippen LogP contribution is 2.41. The number of thioether (sulfide) groups is 1. The normalized spacial score (nSPS) is 28.8. The second kappa shape index (κ2) is 8.91. The number of ether oxygens (including phenoxy) is 1. The minimum Gasteiger partial charge on any atom is -0.508 e. The number of phenolic OH excluding ortho intramolecular Hbond substituents is 1. The number of aliphatic hydroxyl groups is 5. The van der Waals surface area contributed by atoms with Gasteiger partial charge in [0.05, 0.1) is 18.2 Å². The maximum absolute atomic E-state index is 11.2. The SMILES string of the molecule is CSc1cc(C#N)c(Cc2ccc(O)cc2)cc1[C@]1(O)O[C@H](CO)[C@@H](O)[C@H](O)[C@H]1O. The molecule has 0 aliphatic carbocycles. The van der Waals surface area contributed by atoms with Crippen molar-refractivity contribution in [2.24, 2.45) is 0 Å². The second-order valence-electron chi connectivity index (χ2n) is 7.13. The molecule has 2 aromatic carbocycles. The zero-order chi connectivity index (χ0) is 22.1. The number of phenols is 1. The van der Waals surface area contributed by atoms with Gasteiger partial charge in [0.15, 0.2) is 0 Å². The molecular weight excluding hydrogens is 410 g/mol. The van der Waals surface area contributed by atoms with Gasteiger partial charge in [-0.25, -0.2) is 0 Å². The lowest BCUT2D eigenvalue weighted by atomic mass is 9.86. The Hall–Kier alpha value is -2.16. The van der Waals surface area contributed by atoms with E-state index in [1.165, 1.54) is 30.0 Å². The lowest BCUT2D eigenvalue weighted by Gasteiger charge is -2.46. The third-order valence-corrected chi connectivity index (χ3v) is 6.01. The number of nitriles is 1. The van der Waals surface area contributed by atoms with Gasteiger partial charge >= 0.3 is 0 Å². The van der Waals surface area contributed by atoms with Crippen LogP contribution in [0.25, 0.3) is 0 Å². The van der Waals surface area contributed by atoms with E-state index in [2.05, 4.69) is 6.07 Å². The highest BCUT2D eigenvalue weighted by Gasteiger charge is 2.54. The van der Waals surface area contributed by atoms with Crippen LogP contribution < -0.4 is 0 Å². The molecule has 6 N–H and O–H groups in total. The molecule has 1 aliphatic heterocycles. The summed E-state index contributed by atoms with van der Waals surface area (Å²) in [5.74, 6) is -2.31. The Morgan fingerprint density at radius 1 is 1.13 bits per heavy atom. The lowest BCUT2D eigenvalue weighted by molar-refractivity contribution is -0.358. The molecule has 0 radical (unpaired) electrons. The number of nitrogens with zero attached hydrogens (tertiary/aromatic N) is 1. The van der Waals surface area contributed by atoms with Crippen LogP contribution in [-0.4, -0.2) is 67.9 Å². The maximum Gasteiger partial charge on any atom is 0.223 e. The Morgan fingerprint density at radius 2 is 1.80 bits per heavy atom. The molecule has 1 fully saturated rings. The molecule has 160 valence electrons. The average Bonchev–Trinajstić information content (AvgIpc) is 2.76. The van der Waals surface area contributed by atoms with Crippen LogP contribution in [-0.2, 0) is 16.9 Å². The molecule has 1 saturated heterocycles. The van der Waals surface area contributed by atoms with Gasteiger partial charge in [-0.2, -0.15) is 5.26 Å². The summed E-state index contributed by atoms with van der Waals surface area (Å²) in [5.41, 5.74) is 1.79. The van der Waals surface area contributed by atoms with Gasteiger partial charge in [0.1, 0.15) is 30.2 Å². The molecule has 0 spiro atoms. The van der Waals surface area contributed by atoms with Crippen molar-refractivity contribution in [1.29, 1.82) is 5.26 Å². The Kier molecular flexibility index (Phi) is 6.69. The van der Waals surface area contributed by atoms with Crippen LogP contribution in [0.15, 0.2) is 41.3 Å². The molecule has 0 unspecified atom stereocenters. The van der Waals surface area contributed by atoms with Crippen LogP contribution in [0, 0.1) is 11.3 Å². The van der Waals surface area contributed by atoms with Crippen LogP contribution in [0.3, 0.4) is 0 Å². The standard InChI is InChI=1S/C21H23NO7S/c1-30-17-8-13(9-22)12(6-11-2-4-14(24)5-3-11)7-15(17)21(28)20(27)19(26)18(25)16(10-23)29-21/h2-5,7-8,16,18-20,23-28H,6,10H2,1H3/t16-,18-,19+,20-,21+/m1/s1. The fourth-order valence-electron chi connectivity index (χ4n) is 3.53. The number of rotatable bonds is 5. The zero-order valence-corrected chi connectivity index (χ0v) is 17.0. The molecular formula is C21H23NO7S. The van der Waals surface area contributed by atoms with Crippen LogP contribution in [0.2, 0.25) is 0 Å². The number of hydrogen-bond acceptors (Lipinski definition) is 9. The van der Waals surface area contributed by atoms with E-state index in [4.69, 9.17) is 4.74 Å². The predicted octanol–water partition coefficient (Wildman–Crippen LogP) is 0.195. The minimum absolute atomic E-state index is 0.105. The second-order valence-corrected chi connectivity index (χ2v) is 7.97. The van der Waals surface area contributed by atoms with E-state index in [0.717, 1.165) is 5.56 Å². The lowest BCUT2D eigenvalue weighted by Crippen LogP contribution is -2.63. The van der Waals surface area contributed by atoms with Crippen molar-refractivity contribution in [3.05, 3.63) is 58.7 Å². The van der Waals surface area contributed by atoms with Crippen LogP contribution in [0.4, 0.5) is 0 Å². The summed E-state index contributed by atoms with van der Waals surface area (Å²) >= 11 is 1.21. The van der Waals surface area contributed by atoms with Gasteiger partial charge in [-0.3, -0.25) is 0 Å². The Labute approximate surface area is 177 Å². The summed E-state index contributed by atoms with van der Waals surface area (Å²) in [5, 5.41) is 70.5. The third-order valence-electron chi connectivity index (χ3n) is 5.23. The summed E-state index contributed by atoms with van der Waals surface area (Å²) in [6.07, 6.45) is -4.54. The first kappa shape index (κ1) is 22.5. The van der Waals surface area contributed by atoms with Crippen LogP contribution in [0.5, 0.6) is 5.75 Å². The molecule has 8 nitrogen and oxygen atoms in total. The fraction of sp³-hybridized carbons (Fsp3) is 0.381. The van der Waals surface area contributed by atoms with Crippen molar-refractivity contribution < 1.29 is 35.4 Å². The highest BCUT2D eigenvalue weighted by atomic mass is 32.2. The Morgan fingerprint density at radius 3 is 2.37 bits per heavy atom. The largest absolute Gasteiger partial charge is 0.508 e. The summed E-state index contributed by atoms with van der Waals surface area (Å²) in [6.45, 7) is -0.682. The van der Waals surface area contributed by atoms with E-state index >= 15 is 0 Å². The molecule has 0 amide bonds. The molecule has 9 heteroatoms. The van der Waals surface area contributed by atoms with Crippen molar-refractivity contribution in [2.45, 2.75) is 41.5 Å². The molecule has 1 heterocycles. The number of benzene rings is 2. The first-order valence-corrected chi connectivity index (χ1v) is 10.4. The maximum atomic E-state index is 11.2. The van der Waals surface area contributed by atoms with Crippen molar-refractivity contribution in [3.8, 4) is 11.8 Å². The zero-order valence-electron chi connectivity index (χ0n) is 16.1. The van der Waals surface area contributed by atoms with Gasteiger partial charge in [-0.1, -0.05) is 12.1 Å². The topological polar surface area (TPSA) is 154 Å². The van der Waals surface area contributed by atoms with Gasteiger partial charge in [-0.05, 0) is 48.1 Å². The van der Waals surface area contributed by atoms with E-state index in [1.54, 1.807) is 24.5 Å². The fourth-order valence-corrected chi connectivity index (χ4v) is 4.19. The smallest absolute Gasteiger partial charge is 0.223 e. The highest BCUT2D eigenvalue weighted by molar-refractivity contribution is 7.98. The van der Waals surface area contributed by atoms with Crippen molar-refractivity contribution >= 4 is 11.8 Å². The molecule has 0 saturated carbocycles. The molecule has 0 bridgehead atoms. The molecule has 3 rings (SSSR count). The van der Waals surface area contributed by atoms with E-state index in [1.807, 2.05) is 0 Å². The van der Waals surface area contributed by atoms with E-state index in [9.17, 15) is 35.9 Å². The third kappa shape index (κ3) is 4.04. The van der Waals surface area contributed by atoms with Crippen LogP contribution >= 0.6 is 11.8 Å². The Balaban J connectivity index is 2.11. The van der Waals surface area contributed by atoms with Gasteiger partial charge < -0.3 is 35.4 Å². The minimum atomic E-state index is -2.41. The van der Waals surface area contributed by atoms with Crippen molar-refractivity contribution in [3.63, 3.8) is 0 Å². The number of aliphatic hydroxyl groups excluding tert-OH is 4. The molecule has 30 heavy (non-hydrogen) atoms. The Bertz CT molecular complexity index is 944. The summed E-state index contributed by atoms with van der Waals surface area (Å²) in [7, 11) is 0. The first-order valence-electron chi connectivity index (χ1n) is 9.19. The quantitative estimate of drug-likeness (QED) is 0.363. The average molecular weight is 433 g/mol. The van der Waals surface area contributed by atoms with Gasteiger partial charge in [0, 0.05) is 10.5 Å². The summed E-state index contributed by atoms with van der Waals surface area (Å²) in [4.78, 5) is 0.433. The van der Waals surface area contributed by atoms with Gasteiger partial charge in [-0.15, -0.1) is 11.8 Å². The molecule has 5 atom stereocenters. The molecule has 1 aliphatic rings. The summed E-state index contributed by atoms with van der Waals surface area (Å²) < 4.78 is 5.46. The predicted molar refractivity (Wildman–Crippen MR) is 108 cm³/mol. The van der Waals surface area contributed by atoms with Gasteiger partial charge in [0.2, 0.25) is 5.79 Å². The molecule has 0 aromatic heterocycles. The first-order chi connectivity index (χ1) is 14.2. The summed E-state index contributed by atoms with van der Waals surface area (Å²) in [6, 6.07) is 11.6. The van der Waals surface area contributed by atoms with Gasteiger partial charge in [0.25, 0.3) is 0 Å².